The van der Waals surface area contributed by atoms with Crippen LogP contribution in [0.1, 0.15) is 24.3 Å². The first-order valence-electron chi connectivity index (χ1n) is 6.88. The summed E-state index contributed by atoms with van der Waals surface area (Å²) in [6.07, 6.45) is 2.97. The van der Waals surface area contributed by atoms with Crippen LogP contribution in [0.25, 0.3) is 0 Å². The van der Waals surface area contributed by atoms with Crippen molar-refractivity contribution in [3.63, 3.8) is 0 Å². The average Bonchev–Trinajstić information content (AvgIpc) is 2.53. The van der Waals surface area contributed by atoms with Gasteiger partial charge in [0.05, 0.1) is 17.4 Å². The fourth-order valence-electron chi connectivity index (χ4n) is 1.92. The highest BCUT2D eigenvalue weighted by Crippen LogP contribution is 2.19. The van der Waals surface area contributed by atoms with Crippen molar-refractivity contribution in [1.29, 1.82) is 0 Å². The number of amides is 1. The normalized spacial score (nSPS) is 10.4. The second-order valence-corrected chi connectivity index (χ2v) is 4.92. The lowest BCUT2D eigenvalue weighted by Crippen LogP contribution is -2.23. The van der Waals surface area contributed by atoms with Gasteiger partial charge in [-0.25, -0.2) is 14.4 Å². The molecule has 22 heavy (non-hydrogen) atoms. The number of benzene rings is 1. The molecule has 0 unspecified atom stereocenters. The lowest BCUT2D eigenvalue weighted by atomic mass is 10.3. The standard InChI is InChI=1S/C15H16ClFN4O/c1-3-21(4-2)14-9-18-13(8-19-14)15(22)20-10-5-6-12(17)11(16)7-10/h5-9H,3-4H2,1-2H3,(H,20,22). The molecule has 0 aliphatic rings. The van der Waals surface area contributed by atoms with E-state index in [0.29, 0.717) is 11.5 Å². The molecule has 0 aliphatic carbocycles. The summed E-state index contributed by atoms with van der Waals surface area (Å²) in [6, 6.07) is 3.95. The minimum atomic E-state index is -0.539. The first kappa shape index (κ1) is 16.2. The van der Waals surface area contributed by atoms with Crippen molar-refractivity contribution >= 4 is 29.0 Å². The molecule has 2 aromatic rings. The van der Waals surface area contributed by atoms with Crippen molar-refractivity contribution in [2.24, 2.45) is 0 Å². The number of hydrogen-bond donors (Lipinski definition) is 1. The Labute approximate surface area is 133 Å². The maximum Gasteiger partial charge on any atom is 0.275 e. The van der Waals surface area contributed by atoms with Crippen LogP contribution in [0.15, 0.2) is 30.6 Å². The van der Waals surface area contributed by atoms with Gasteiger partial charge >= 0.3 is 0 Å². The Bertz CT molecular complexity index is 659. The third-order valence-corrected chi connectivity index (χ3v) is 3.43. The van der Waals surface area contributed by atoms with Gasteiger partial charge in [0.25, 0.3) is 5.91 Å². The van der Waals surface area contributed by atoms with Crippen LogP contribution >= 0.6 is 11.6 Å². The predicted molar refractivity (Wildman–Crippen MR) is 85.0 cm³/mol. The predicted octanol–water partition coefficient (Wildman–Crippen LogP) is 3.37. The number of nitrogens with zero attached hydrogens (tertiary/aromatic N) is 3. The van der Waals surface area contributed by atoms with E-state index in [2.05, 4.69) is 15.3 Å². The maximum absolute atomic E-state index is 13.1. The number of nitrogens with one attached hydrogen (secondary N) is 1. The summed E-state index contributed by atoms with van der Waals surface area (Å²) in [5, 5.41) is 2.54. The first-order chi connectivity index (χ1) is 10.5. The summed E-state index contributed by atoms with van der Waals surface area (Å²) in [5.41, 5.74) is 0.572. The Kier molecular flexibility index (Phi) is 5.27. The van der Waals surface area contributed by atoms with E-state index in [1.165, 1.54) is 24.4 Å². The van der Waals surface area contributed by atoms with Gasteiger partial charge in [-0.3, -0.25) is 4.79 Å². The molecule has 0 saturated carbocycles. The van der Waals surface area contributed by atoms with E-state index >= 15 is 0 Å². The maximum atomic E-state index is 13.1. The zero-order valence-electron chi connectivity index (χ0n) is 12.3. The molecule has 0 spiro atoms. The summed E-state index contributed by atoms with van der Waals surface area (Å²) in [4.78, 5) is 22.4. The number of anilines is 2. The van der Waals surface area contributed by atoms with Gasteiger partial charge in [0.15, 0.2) is 0 Å². The molecule has 116 valence electrons. The summed E-state index contributed by atoms with van der Waals surface area (Å²) >= 11 is 5.67. The van der Waals surface area contributed by atoms with Crippen LogP contribution < -0.4 is 10.2 Å². The van der Waals surface area contributed by atoms with E-state index in [-0.39, 0.29) is 10.7 Å². The molecule has 1 aromatic heterocycles. The highest BCUT2D eigenvalue weighted by molar-refractivity contribution is 6.31. The van der Waals surface area contributed by atoms with E-state index < -0.39 is 11.7 Å². The highest BCUT2D eigenvalue weighted by Gasteiger charge is 2.11. The van der Waals surface area contributed by atoms with Crippen molar-refractivity contribution in [3.8, 4) is 0 Å². The lowest BCUT2D eigenvalue weighted by Gasteiger charge is -2.18. The molecule has 2 rings (SSSR count). The van der Waals surface area contributed by atoms with Gasteiger partial charge in [-0.15, -0.1) is 0 Å². The minimum absolute atomic E-state index is 0.0548. The molecule has 7 heteroatoms. The topological polar surface area (TPSA) is 58.1 Å². The first-order valence-corrected chi connectivity index (χ1v) is 7.26. The van der Waals surface area contributed by atoms with Crippen molar-refractivity contribution in [3.05, 3.63) is 47.1 Å². The molecule has 0 bridgehead atoms. The van der Waals surface area contributed by atoms with Crippen molar-refractivity contribution in [1.82, 2.24) is 9.97 Å². The van der Waals surface area contributed by atoms with Crippen LogP contribution in [0.5, 0.6) is 0 Å². The minimum Gasteiger partial charge on any atom is -0.356 e. The smallest absolute Gasteiger partial charge is 0.275 e. The van der Waals surface area contributed by atoms with E-state index in [1.807, 2.05) is 18.7 Å². The third-order valence-electron chi connectivity index (χ3n) is 3.14. The number of aromatic nitrogens is 2. The van der Waals surface area contributed by atoms with Gasteiger partial charge in [-0.1, -0.05) is 11.6 Å². The molecule has 1 N–H and O–H groups in total. The van der Waals surface area contributed by atoms with Crippen LogP contribution in [-0.2, 0) is 0 Å². The van der Waals surface area contributed by atoms with E-state index in [9.17, 15) is 9.18 Å². The van der Waals surface area contributed by atoms with Gasteiger partial charge in [0, 0.05) is 18.8 Å². The highest BCUT2D eigenvalue weighted by atomic mass is 35.5. The van der Waals surface area contributed by atoms with E-state index in [1.54, 1.807) is 6.20 Å². The number of carbonyl (C=O) groups excluding carboxylic acids is 1. The molecule has 0 fully saturated rings. The molecular weight excluding hydrogens is 307 g/mol. The SMILES string of the molecule is CCN(CC)c1cnc(C(=O)Nc2ccc(F)c(Cl)c2)cn1. The van der Waals surface area contributed by atoms with Gasteiger partial charge in [0.1, 0.15) is 17.3 Å². The Balaban J connectivity index is 2.11. The number of halogens is 2. The molecule has 0 aliphatic heterocycles. The van der Waals surface area contributed by atoms with Crippen LogP contribution in [0.3, 0.4) is 0 Å². The van der Waals surface area contributed by atoms with Crippen LogP contribution in [-0.4, -0.2) is 29.0 Å². The second kappa shape index (κ2) is 7.17. The monoisotopic (exact) mass is 322 g/mol. The molecule has 1 heterocycles. The Morgan fingerprint density at radius 1 is 1.27 bits per heavy atom. The molecule has 0 radical (unpaired) electrons. The van der Waals surface area contributed by atoms with Crippen molar-refractivity contribution in [2.45, 2.75) is 13.8 Å². The number of rotatable bonds is 5. The summed E-state index contributed by atoms with van der Waals surface area (Å²) in [6.45, 7) is 5.66. The summed E-state index contributed by atoms with van der Waals surface area (Å²) < 4.78 is 13.1. The van der Waals surface area contributed by atoms with Gasteiger partial charge in [0.2, 0.25) is 0 Å². The van der Waals surface area contributed by atoms with Crippen LogP contribution in [0.4, 0.5) is 15.9 Å². The number of carbonyl (C=O) groups is 1. The van der Waals surface area contributed by atoms with Gasteiger partial charge in [-0.05, 0) is 32.0 Å². The fraction of sp³-hybridized carbons (Fsp3) is 0.267. The van der Waals surface area contributed by atoms with Gasteiger partial charge in [-0.2, -0.15) is 0 Å². The fourth-order valence-corrected chi connectivity index (χ4v) is 2.10. The van der Waals surface area contributed by atoms with Crippen molar-refractivity contribution in [2.75, 3.05) is 23.3 Å². The van der Waals surface area contributed by atoms with Crippen LogP contribution in [0.2, 0.25) is 5.02 Å². The molecule has 5 nitrogen and oxygen atoms in total. The van der Waals surface area contributed by atoms with Gasteiger partial charge < -0.3 is 10.2 Å². The molecule has 1 amide bonds. The number of hydrogen-bond acceptors (Lipinski definition) is 4. The Morgan fingerprint density at radius 3 is 2.55 bits per heavy atom. The zero-order valence-corrected chi connectivity index (χ0v) is 13.1. The summed E-state index contributed by atoms with van der Waals surface area (Å²) in [7, 11) is 0. The quantitative estimate of drug-likeness (QED) is 0.917. The average molecular weight is 323 g/mol. The zero-order chi connectivity index (χ0) is 16.1. The largest absolute Gasteiger partial charge is 0.356 e. The Hall–Kier alpha value is -2.21. The molecule has 1 aromatic carbocycles. The second-order valence-electron chi connectivity index (χ2n) is 4.52. The molecule has 0 saturated heterocycles. The van der Waals surface area contributed by atoms with Crippen molar-refractivity contribution < 1.29 is 9.18 Å². The third kappa shape index (κ3) is 3.71. The van der Waals surface area contributed by atoms with E-state index in [4.69, 9.17) is 11.6 Å². The summed E-state index contributed by atoms with van der Waals surface area (Å²) in [5.74, 6) is -0.254. The lowest BCUT2D eigenvalue weighted by molar-refractivity contribution is 0.102. The molecular formula is C15H16ClFN4O. The molecule has 0 atom stereocenters. The Morgan fingerprint density at radius 2 is 2.00 bits per heavy atom. The van der Waals surface area contributed by atoms with E-state index in [0.717, 1.165) is 13.1 Å². The van der Waals surface area contributed by atoms with Crippen LogP contribution in [0, 0.1) is 5.82 Å².